The van der Waals surface area contributed by atoms with E-state index in [2.05, 4.69) is 12.2 Å². The first-order valence-corrected chi connectivity index (χ1v) is 6.73. The molecule has 0 saturated heterocycles. The number of hydrogen-bond donors (Lipinski definition) is 1. The van der Waals surface area contributed by atoms with Gasteiger partial charge >= 0.3 is 0 Å². The van der Waals surface area contributed by atoms with Gasteiger partial charge in [-0.15, -0.1) is 0 Å². The summed E-state index contributed by atoms with van der Waals surface area (Å²) in [6.07, 6.45) is 11.2. The molecule has 0 radical (unpaired) electrons. The molecule has 0 bridgehead atoms. The molecule has 0 aliphatic heterocycles. The molecule has 0 amide bonds. The molecule has 0 heterocycles. The molecular weight excluding hydrogens is 186 g/mol. The van der Waals surface area contributed by atoms with Gasteiger partial charge in [0.2, 0.25) is 0 Å². The number of likely N-dealkylation sites (N-methyl/N-ethyl adjacent to an activating group) is 1. The van der Waals surface area contributed by atoms with Crippen molar-refractivity contribution in [1.29, 1.82) is 0 Å². The minimum absolute atomic E-state index is 0.194. The zero-order valence-electron chi connectivity index (χ0n) is 10.1. The molecule has 2 aliphatic rings. The first kappa shape index (κ1) is 11.4. The molecule has 0 aromatic carbocycles. The van der Waals surface area contributed by atoms with Gasteiger partial charge in [-0.25, -0.2) is 0 Å². The van der Waals surface area contributed by atoms with Gasteiger partial charge in [0.05, 0.1) is 11.7 Å². The van der Waals surface area contributed by atoms with Crippen LogP contribution in [0, 0.1) is 0 Å². The molecule has 2 heteroatoms. The lowest BCUT2D eigenvalue weighted by Gasteiger charge is -2.42. The van der Waals surface area contributed by atoms with E-state index < -0.39 is 0 Å². The molecule has 15 heavy (non-hydrogen) atoms. The second kappa shape index (κ2) is 5.31. The fourth-order valence-electron chi connectivity index (χ4n) is 2.73. The minimum atomic E-state index is 0.194. The summed E-state index contributed by atoms with van der Waals surface area (Å²) in [6.45, 7) is 4.32. The Morgan fingerprint density at radius 3 is 2.40 bits per heavy atom. The van der Waals surface area contributed by atoms with Gasteiger partial charge in [0.25, 0.3) is 0 Å². The molecule has 1 N–H and O–H groups in total. The zero-order valence-corrected chi connectivity index (χ0v) is 10.1. The van der Waals surface area contributed by atoms with Gasteiger partial charge in [0.15, 0.2) is 0 Å². The molecule has 0 unspecified atom stereocenters. The maximum atomic E-state index is 6.35. The Hall–Kier alpha value is -0.0800. The van der Waals surface area contributed by atoms with E-state index in [-0.39, 0.29) is 5.60 Å². The highest BCUT2D eigenvalue weighted by molar-refractivity contribution is 4.89. The minimum Gasteiger partial charge on any atom is -0.370 e. The SMILES string of the molecule is CCNCC1(OC2CCC2)CCCCC1. The molecule has 0 spiro atoms. The standard InChI is InChI=1S/C13H25NO/c1-2-14-11-13(9-4-3-5-10-13)15-12-7-6-8-12/h12,14H,2-11H2,1H3. The van der Waals surface area contributed by atoms with E-state index in [4.69, 9.17) is 4.74 Å². The number of nitrogens with one attached hydrogen (secondary N) is 1. The summed E-state index contributed by atoms with van der Waals surface area (Å²) in [6, 6.07) is 0. The van der Waals surface area contributed by atoms with Crippen LogP contribution in [0.4, 0.5) is 0 Å². The van der Waals surface area contributed by atoms with Crippen LogP contribution in [-0.4, -0.2) is 24.8 Å². The molecule has 2 rings (SSSR count). The third kappa shape index (κ3) is 2.94. The smallest absolute Gasteiger partial charge is 0.0810 e. The summed E-state index contributed by atoms with van der Waals surface area (Å²) in [7, 11) is 0. The van der Waals surface area contributed by atoms with Crippen LogP contribution in [0.2, 0.25) is 0 Å². The van der Waals surface area contributed by atoms with Crippen molar-refractivity contribution >= 4 is 0 Å². The Labute approximate surface area is 93.8 Å². The van der Waals surface area contributed by atoms with E-state index in [0.717, 1.165) is 13.1 Å². The molecule has 2 fully saturated rings. The second-order valence-corrected chi connectivity index (χ2v) is 5.19. The zero-order chi connectivity index (χ0) is 10.6. The predicted octanol–water partition coefficient (Wildman–Crippen LogP) is 2.87. The monoisotopic (exact) mass is 211 g/mol. The highest BCUT2D eigenvalue weighted by Gasteiger charge is 2.36. The fraction of sp³-hybridized carbons (Fsp3) is 1.00. The average Bonchev–Trinajstić information content (AvgIpc) is 2.23. The molecule has 0 aromatic rings. The largest absolute Gasteiger partial charge is 0.370 e. The quantitative estimate of drug-likeness (QED) is 0.755. The number of hydrogen-bond acceptors (Lipinski definition) is 2. The number of rotatable bonds is 5. The van der Waals surface area contributed by atoms with E-state index in [1.165, 1.54) is 51.4 Å². The molecule has 0 aromatic heterocycles. The second-order valence-electron chi connectivity index (χ2n) is 5.19. The molecule has 88 valence electrons. The van der Waals surface area contributed by atoms with Crippen LogP contribution in [0.5, 0.6) is 0 Å². The maximum Gasteiger partial charge on any atom is 0.0810 e. The van der Waals surface area contributed by atoms with Crippen LogP contribution >= 0.6 is 0 Å². The highest BCUT2D eigenvalue weighted by atomic mass is 16.5. The lowest BCUT2D eigenvalue weighted by Crippen LogP contribution is -2.48. The summed E-state index contributed by atoms with van der Waals surface area (Å²) in [5.74, 6) is 0. The van der Waals surface area contributed by atoms with Gasteiger partial charge in [-0.2, -0.15) is 0 Å². The van der Waals surface area contributed by atoms with Crippen molar-refractivity contribution in [2.75, 3.05) is 13.1 Å². The molecular formula is C13H25NO. The van der Waals surface area contributed by atoms with Gasteiger partial charge in [0.1, 0.15) is 0 Å². The van der Waals surface area contributed by atoms with Crippen molar-refractivity contribution in [2.45, 2.75) is 70.0 Å². The third-order valence-electron chi connectivity index (χ3n) is 3.93. The first-order valence-electron chi connectivity index (χ1n) is 6.73. The van der Waals surface area contributed by atoms with Crippen molar-refractivity contribution in [3.8, 4) is 0 Å². The summed E-state index contributed by atoms with van der Waals surface area (Å²) in [5.41, 5.74) is 0.194. The van der Waals surface area contributed by atoms with E-state index in [9.17, 15) is 0 Å². The molecule has 2 aliphatic carbocycles. The predicted molar refractivity (Wildman–Crippen MR) is 63.1 cm³/mol. The van der Waals surface area contributed by atoms with Gasteiger partial charge in [-0.1, -0.05) is 26.2 Å². The van der Waals surface area contributed by atoms with Crippen molar-refractivity contribution < 1.29 is 4.74 Å². The summed E-state index contributed by atoms with van der Waals surface area (Å²) in [4.78, 5) is 0. The van der Waals surface area contributed by atoms with E-state index in [1.807, 2.05) is 0 Å². The summed E-state index contributed by atoms with van der Waals surface area (Å²) < 4.78 is 6.35. The van der Waals surface area contributed by atoms with Crippen LogP contribution in [0.15, 0.2) is 0 Å². The van der Waals surface area contributed by atoms with Gasteiger partial charge in [-0.05, 0) is 38.6 Å². The van der Waals surface area contributed by atoms with Crippen LogP contribution in [0.3, 0.4) is 0 Å². The Morgan fingerprint density at radius 1 is 1.13 bits per heavy atom. The lowest BCUT2D eigenvalue weighted by molar-refractivity contribution is -0.136. The molecule has 2 nitrogen and oxygen atoms in total. The van der Waals surface area contributed by atoms with Crippen molar-refractivity contribution in [3.05, 3.63) is 0 Å². The maximum absolute atomic E-state index is 6.35. The van der Waals surface area contributed by atoms with Crippen molar-refractivity contribution in [3.63, 3.8) is 0 Å². The van der Waals surface area contributed by atoms with E-state index >= 15 is 0 Å². The van der Waals surface area contributed by atoms with Crippen molar-refractivity contribution in [1.82, 2.24) is 5.32 Å². The summed E-state index contributed by atoms with van der Waals surface area (Å²) in [5, 5.41) is 3.49. The Kier molecular flexibility index (Phi) is 4.04. The normalized spacial score (nSPS) is 26.2. The van der Waals surface area contributed by atoms with Gasteiger partial charge in [0, 0.05) is 6.54 Å². The van der Waals surface area contributed by atoms with Gasteiger partial charge in [-0.3, -0.25) is 0 Å². The van der Waals surface area contributed by atoms with Gasteiger partial charge < -0.3 is 10.1 Å². The highest BCUT2D eigenvalue weighted by Crippen LogP contribution is 2.36. The van der Waals surface area contributed by atoms with Crippen LogP contribution < -0.4 is 5.32 Å². The Balaban J connectivity index is 1.86. The Morgan fingerprint density at radius 2 is 1.87 bits per heavy atom. The topological polar surface area (TPSA) is 21.3 Å². The first-order chi connectivity index (χ1) is 7.35. The van der Waals surface area contributed by atoms with Crippen molar-refractivity contribution in [2.24, 2.45) is 0 Å². The van der Waals surface area contributed by atoms with Crippen LogP contribution in [0.25, 0.3) is 0 Å². The van der Waals surface area contributed by atoms with Crippen LogP contribution in [0.1, 0.15) is 58.3 Å². The third-order valence-corrected chi connectivity index (χ3v) is 3.93. The average molecular weight is 211 g/mol. The van der Waals surface area contributed by atoms with E-state index in [1.54, 1.807) is 0 Å². The lowest BCUT2D eigenvalue weighted by atomic mass is 9.83. The molecule has 2 saturated carbocycles. The van der Waals surface area contributed by atoms with E-state index in [0.29, 0.717) is 6.10 Å². The fourth-order valence-corrected chi connectivity index (χ4v) is 2.73. The Bertz CT molecular complexity index is 183. The summed E-state index contributed by atoms with van der Waals surface area (Å²) >= 11 is 0. The number of ether oxygens (including phenoxy) is 1. The molecule has 0 atom stereocenters. The van der Waals surface area contributed by atoms with Crippen LogP contribution in [-0.2, 0) is 4.74 Å².